The molecule has 0 bridgehead atoms. The zero-order valence-electron chi connectivity index (χ0n) is 28.0. The Kier molecular flexibility index (Phi) is 10.4. The fraction of sp³-hybridized carbons (Fsp3) is 0.639. The standard InChI is InChI=1S/C36H54N4O4/c1-23(2)25-9-13-27(14-10-25)33(28-15-11-26(12-16-28)24(3)4)32-17-29(18-37-32)40-34(38-19-30-21-41-35(5,6)43-30)39-20-31-22-42-36(7,8)44-31/h9-16,23-24,29-33,37H,17-22H2,1-8H3,(H2,38,39,40)/t29-,30?,31?,32-/m1/s1. The van der Waals surface area contributed by atoms with Crippen molar-refractivity contribution in [1.29, 1.82) is 0 Å². The molecule has 3 N–H and O–H groups in total. The maximum atomic E-state index is 6.04. The maximum Gasteiger partial charge on any atom is 0.191 e. The summed E-state index contributed by atoms with van der Waals surface area (Å²) in [4.78, 5) is 4.94. The van der Waals surface area contributed by atoms with Gasteiger partial charge in [0, 0.05) is 31.1 Å². The number of nitrogens with one attached hydrogen (secondary N) is 3. The van der Waals surface area contributed by atoms with Crippen LogP contribution in [0, 0.1) is 0 Å². The average Bonchev–Trinajstić information content (AvgIpc) is 3.68. The molecular formula is C36H54N4O4. The van der Waals surface area contributed by atoms with Gasteiger partial charge in [0.25, 0.3) is 0 Å². The number of hydrogen-bond donors (Lipinski definition) is 3. The summed E-state index contributed by atoms with van der Waals surface area (Å²) in [5, 5.41) is 11.1. The van der Waals surface area contributed by atoms with E-state index >= 15 is 0 Å². The Hall–Kier alpha value is -2.49. The van der Waals surface area contributed by atoms with Gasteiger partial charge in [0.2, 0.25) is 0 Å². The Labute approximate surface area is 264 Å². The molecule has 0 radical (unpaired) electrons. The van der Waals surface area contributed by atoms with E-state index in [1.54, 1.807) is 0 Å². The molecule has 8 heteroatoms. The average molecular weight is 607 g/mol. The third-order valence-electron chi connectivity index (χ3n) is 8.92. The van der Waals surface area contributed by atoms with Crippen molar-refractivity contribution in [3.05, 3.63) is 70.8 Å². The second kappa shape index (κ2) is 13.9. The molecule has 0 spiro atoms. The minimum atomic E-state index is -0.569. The lowest BCUT2D eigenvalue weighted by Gasteiger charge is -2.26. The molecule has 3 fully saturated rings. The molecule has 3 aliphatic heterocycles. The van der Waals surface area contributed by atoms with Crippen LogP contribution in [-0.4, -0.2) is 74.7 Å². The van der Waals surface area contributed by atoms with Crippen LogP contribution in [-0.2, 0) is 18.9 Å². The van der Waals surface area contributed by atoms with Gasteiger partial charge in [0.1, 0.15) is 12.2 Å². The van der Waals surface area contributed by atoms with Gasteiger partial charge < -0.3 is 34.9 Å². The number of aliphatic imine (C=N–C) groups is 1. The normalized spacial score (nSPS) is 26.7. The summed E-state index contributed by atoms with van der Waals surface area (Å²) in [6.45, 7) is 19.9. The molecule has 2 unspecified atom stereocenters. The molecule has 3 saturated heterocycles. The van der Waals surface area contributed by atoms with Crippen LogP contribution in [0.3, 0.4) is 0 Å². The van der Waals surface area contributed by atoms with E-state index in [-0.39, 0.29) is 30.2 Å². The molecule has 0 saturated carbocycles. The fourth-order valence-corrected chi connectivity index (χ4v) is 6.43. The quantitative estimate of drug-likeness (QED) is 0.239. The molecular weight excluding hydrogens is 552 g/mol. The van der Waals surface area contributed by atoms with E-state index < -0.39 is 11.6 Å². The number of hydrogen-bond acceptors (Lipinski definition) is 6. The molecule has 0 amide bonds. The molecule has 5 rings (SSSR count). The van der Waals surface area contributed by atoms with Crippen molar-refractivity contribution < 1.29 is 18.9 Å². The summed E-state index contributed by atoms with van der Waals surface area (Å²) in [5.74, 6) is 0.899. The molecule has 2 aromatic rings. The van der Waals surface area contributed by atoms with E-state index in [1.807, 2.05) is 27.7 Å². The predicted molar refractivity (Wildman–Crippen MR) is 176 cm³/mol. The summed E-state index contributed by atoms with van der Waals surface area (Å²) in [5.41, 5.74) is 5.43. The first-order valence-corrected chi connectivity index (χ1v) is 16.5. The van der Waals surface area contributed by atoms with E-state index in [2.05, 4.69) is 92.2 Å². The van der Waals surface area contributed by atoms with Crippen LogP contribution in [0.5, 0.6) is 0 Å². The second-order valence-corrected chi connectivity index (χ2v) is 14.2. The van der Waals surface area contributed by atoms with E-state index in [1.165, 1.54) is 22.3 Å². The first-order valence-electron chi connectivity index (χ1n) is 16.5. The Morgan fingerprint density at radius 2 is 1.30 bits per heavy atom. The summed E-state index contributed by atoms with van der Waals surface area (Å²) >= 11 is 0. The summed E-state index contributed by atoms with van der Waals surface area (Å²) in [7, 11) is 0. The van der Waals surface area contributed by atoms with Gasteiger partial charge in [-0.05, 0) is 68.2 Å². The first-order chi connectivity index (χ1) is 20.9. The molecule has 2 aromatic carbocycles. The van der Waals surface area contributed by atoms with Gasteiger partial charge in [0.05, 0.1) is 19.8 Å². The minimum Gasteiger partial charge on any atom is -0.354 e. The van der Waals surface area contributed by atoms with Crippen LogP contribution < -0.4 is 16.0 Å². The SMILES string of the molecule is CC(C)c1ccc(C(c2ccc(C(C)C)cc2)[C@H]2C[C@@H](N/C(=N/CC3COC(C)(C)O3)NCC3COC(C)(C)O3)CN2)cc1. The highest BCUT2D eigenvalue weighted by atomic mass is 16.7. The Bertz CT molecular complexity index is 1190. The van der Waals surface area contributed by atoms with Crippen LogP contribution in [0.15, 0.2) is 53.5 Å². The van der Waals surface area contributed by atoms with Gasteiger partial charge >= 0.3 is 0 Å². The fourth-order valence-electron chi connectivity index (χ4n) is 6.43. The lowest BCUT2D eigenvalue weighted by molar-refractivity contribution is -0.137. The van der Waals surface area contributed by atoms with Crippen LogP contribution in [0.25, 0.3) is 0 Å². The van der Waals surface area contributed by atoms with Gasteiger partial charge in [0.15, 0.2) is 17.5 Å². The van der Waals surface area contributed by atoms with E-state index in [9.17, 15) is 0 Å². The number of ether oxygens (including phenoxy) is 4. The van der Waals surface area contributed by atoms with E-state index in [0.717, 1.165) is 18.9 Å². The van der Waals surface area contributed by atoms with Gasteiger partial charge in [-0.1, -0.05) is 76.2 Å². The van der Waals surface area contributed by atoms with Gasteiger partial charge in [-0.25, -0.2) is 0 Å². The van der Waals surface area contributed by atoms with Crippen LogP contribution in [0.4, 0.5) is 0 Å². The topological polar surface area (TPSA) is 85.4 Å². The minimum absolute atomic E-state index is 0.0385. The third kappa shape index (κ3) is 8.61. The molecule has 8 nitrogen and oxygen atoms in total. The second-order valence-electron chi connectivity index (χ2n) is 14.2. The third-order valence-corrected chi connectivity index (χ3v) is 8.92. The van der Waals surface area contributed by atoms with Crippen molar-refractivity contribution in [2.24, 2.45) is 4.99 Å². The van der Waals surface area contributed by atoms with Crippen molar-refractivity contribution in [3.8, 4) is 0 Å². The summed E-state index contributed by atoms with van der Waals surface area (Å²) < 4.78 is 23.6. The highest BCUT2D eigenvalue weighted by Crippen LogP contribution is 2.34. The van der Waals surface area contributed by atoms with Crippen molar-refractivity contribution in [3.63, 3.8) is 0 Å². The lowest BCUT2D eigenvalue weighted by atomic mass is 9.82. The Morgan fingerprint density at radius 1 is 0.795 bits per heavy atom. The Morgan fingerprint density at radius 3 is 1.77 bits per heavy atom. The highest BCUT2D eigenvalue weighted by molar-refractivity contribution is 5.80. The molecule has 3 heterocycles. The molecule has 242 valence electrons. The first kappa shape index (κ1) is 32.9. The maximum absolute atomic E-state index is 6.04. The van der Waals surface area contributed by atoms with E-state index in [4.69, 9.17) is 23.9 Å². The van der Waals surface area contributed by atoms with Crippen molar-refractivity contribution in [2.75, 3.05) is 32.8 Å². The molecule has 3 aliphatic rings. The molecule has 44 heavy (non-hydrogen) atoms. The predicted octanol–water partition coefficient (Wildman–Crippen LogP) is 5.63. The monoisotopic (exact) mass is 606 g/mol. The molecule has 4 atom stereocenters. The number of rotatable bonds is 10. The highest BCUT2D eigenvalue weighted by Gasteiger charge is 2.36. The van der Waals surface area contributed by atoms with Crippen molar-refractivity contribution >= 4 is 5.96 Å². The number of benzene rings is 2. The smallest absolute Gasteiger partial charge is 0.191 e. The Balaban J connectivity index is 1.30. The summed E-state index contributed by atoms with van der Waals surface area (Å²) in [6.07, 6.45) is 0.855. The van der Waals surface area contributed by atoms with E-state index in [0.29, 0.717) is 38.1 Å². The number of nitrogens with zero attached hydrogens (tertiary/aromatic N) is 1. The van der Waals surface area contributed by atoms with Gasteiger partial charge in [-0.15, -0.1) is 0 Å². The van der Waals surface area contributed by atoms with Crippen molar-refractivity contribution in [2.45, 2.75) is 115 Å². The largest absolute Gasteiger partial charge is 0.354 e. The lowest BCUT2D eigenvalue weighted by Crippen LogP contribution is -2.47. The van der Waals surface area contributed by atoms with Crippen LogP contribution in [0.1, 0.15) is 102 Å². The van der Waals surface area contributed by atoms with Crippen LogP contribution in [0.2, 0.25) is 0 Å². The van der Waals surface area contributed by atoms with Gasteiger partial charge in [-0.3, -0.25) is 4.99 Å². The molecule has 0 aliphatic carbocycles. The van der Waals surface area contributed by atoms with Crippen molar-refractivity contribution in [1.82, 2.24) is 16.0 Å². The number of guanidine groups is 1. The van der Waals surface area contributed by atoms with Crippen LogP contribution >= 0.6 is 0 Å². The van der Waals surface area contributed by atoms with Gasteiger partial charge in [-0.2, -0.15) is 0 Å². The summed E-state index contributed by atoms with van der Waals surface area (Å²) in [6, 6.07) is 19.0. The molecule has 0 aromatic heterocycles. The zero-order chi connectivity index (χ0) is 31.5. The zero-order valence-corrected chi connectivity index (χ0v) is 28.0.